The standard InChI is InChI=1S/C24H23F2N5O2/c1-15-6-7-31(30-13-16-2-5-22(26)18(8-16)12-28)24(33)21(15)10-23(32)29-14-19-9-20(25)4-3-17(19)11-27/h2-9,30H,10-11,13-14,27H2,1H3,(H,29,32). The first kappa shape index (κ1) is 23.6. The number of nitrogens with zero attached hydrogens (tertiary/aromatic N) is 2. The number of carbonyl (C=O) groups excluding carboxylic acids is 1. The van der Waals surface area contributed by atoms with Gasteiger partial charge in [-0.1, -0.05) is 12.1 Å². The molecule has 7 nitrogen and oxygen atoms in total. The van der Waals surface area contributed by atoms with Crippen molar-refractivity contribution in [2.24, 2.45) is 5.73 Å². The Kier molecular flexibility index (Phi) is 7.53. The average molecular weight is 451 g/mol. The number of benzene rings is 2. The largest absolute Gasteiger partial charge is 0.352 e. The van der Waals surface area contributed by atoms with Gasteiger partial charge in [-0.05, 0) is 59.5 Å². The van der Waals surface area contributed by atoms with Crippen LogP contribution < -0.4 is 22.0 Å². The Labute approximate surface area is 189 Å². The van der Waals surface area contributed by atoms with E-state index in [1.807, 2.05) is 0 Å². The number of aromatic nitrogens is 1. The molecular formula is C24H23F2N5O2. The van der Waals surface area contributed by atoms with Crippen molar-refractivity contribution in [2.45, 2.75) is 33.0 Å². The van der Waals surface area contributed by atoms with E-state index in [1.54, 1.807) is 25.1 Å². The predicted octanol–water partition coefficient (Wildman–Crippen LogP) is 2.37. The number of pyridine rings is 1. The number of carbonyl (C=O) groups is 1. The second kappa shape index (κ2) is 10.5. The van der Waals surface area contributed by atoms with E-state index in [1.165, 1.54) is 41.2 Å². The van der Waals surface area contributed by atoms with Crippen molar-refractivity contribution in [1.82, 2.24) is 9.99 Å². The van der Waals surface area contributed by atoms with Crippen molar-refractivity contribution in [2.75, 3.05) is 5.43 Å². The van der Waals surface area contributed by atoms with Crippen LogP contribution in [0.4, 0.5) is 8.78 Å². The Bertz CT molecular complexity index is 1280. The third-order valence-corrected chi connectivity index (χ3v) is 5.23. The molecule has 0 fully saturated rings. The van der Waals surface area contributed by atoms with Gasteiger partial charge < -0.3 is 16.5 Å². The van der Waals surface area contributed by atoms with E-state index in [2.05, 4.69) is 10.7 Å². The van der Waals surface area contributed by atoms with Gasteiger partial charge in [-0.15, -0.1) is 0 Å². The van der Waals surface area contributed by atoms with Gasteiger partial charge in [0, 0.05) is 24.8 Å². The van der Waals surface area contributed by atoms with Crippen LogP contribution in [0.15, 0.2) is 53.5 Å². The van der Waals surface area contributed by atoms with Crippen LogP contribution >= 0.6 is 0 Å². The SMILES string of the molecule is Cc1ccn(NCc2ccc(F)c(C#N)c2)c(=O)c1CC(=O)NCc1cc(F)ccc1CN. The zero-order chi connectivity index (χ0) is 24.0. The summed E-state index contributed by atoms with van der Waals surface area (Å²) in [5, 5.41) is 11.7. The summed E-state index contributed by atoms with van der Waals surface area (Å²) in [6, 6.07) is 11.8. The molecule has 0 aliphatic carbocycles. The summed E-state index contributed by atoms with van der Waals surface area (Å²) in [6.07, 6.45) is 1.38. The number of halogens is 2. The van der Waals surface area contributed by atoms with Crippen LogP contribution in [-0.2, 0) is 30.8 Å². The maximum atomic E-state index is 13.5. The summed E-state index contributed by atoms with van der Waals surface area (Å²) in [6.45, 7) is 2.20. The van der Waals surface area contributed by atoms with E-state index in [9.17, 15) is 18.4 Å². The first-order valence-corrected chi connectivity index (χ1v) is 10.2. The minimum absolute atomic E-state index is 0.0843. The zero-order valence-electron chi connectivity index (χ0n) is 18.0. The molecule has 1 amide bonds. The molecule has 170 valence electrons. The molecule has 4 N–H and O–H groups in total. The number of nitrogens with two attached hydrogens (primary N) is 1. The van der Waals surface area contributed by atoms with Gasteiger partial charge in [0.25, 0.3) is 5.56 Å². The van der Waals surface area contributed by atoms with Gasteiger partial charge in [0.15, 0.2) is 0 Å². The minimum Gasteiger partial charge on any atom is -0.352 e. The van der Waals surface area contributed by atoms with Gasteiger partial charge >= 0.3 is 0 Å². The van der Waals surface area contributed by atoms with Crippen molar-refractivity contribution < 1.29 is 13.6 Å². The Morgan fingerprint density at radius 2 is 1.91 bits per heavy atom. The summed E-state index contributed by atoms with van der Waals surface area (Å²) in [5.41, 5.74) is 10.9. The topological polar surface area (TPSA) is 113 Å². The lowest BCUT2D eigenvalue weighted by Gasteiger charge is -2.14. The molecule has 0 aliphatic heterocycles. The molecule has 0 saturated carbocycles. The number of hydrogen-bond donors (Lipinski definition) is 3. The van der Waals surface area contributed by atoms with Crippen molar-refractivity contribution in [3.63, 3.8) is 0 Å². The van der Waals surface area contributed by atoms with E-state index in [4.69, 9.17) is 11.0 Å². The Morgan fingerprint density at radius 3 is 2.64 bits per heavy atom. The maximum Gasteiger partial charge on any atom is 0.272 e. The highest BCUT2D eigenvalue weighted by atomic mass is 19.1. The molecule has 9 heteroatoms. The smallest absolute Gasteiger partial charge is 0.272 e. The summed E-state index contributed by atoms with van der Waals surface area (Å²) in [4.78, 5) is 25.4. The number of nitriles is 1. The number of hydrogen-bond acceptors (Lipinski definition) is 5. The second-order valence-corrected chi connectivity index (χ2v) is 7.48. The third kappa shape index (κ3) is 5.81. The normalized spacial score (nSPS) is 10.5. The van der Waals surface area contributed by atoms with Crippen LogP contribution in [0.1, 0.15) is 33.4 Å². The molecule has 3 aromatic rings. The van der Waals surface area contributed by atoms with Gasteiger partial charge in [0.05, 0.1) is 18.5 Å². The molecular weight excluding hydrogens is 428 g/mol. The van der Waals surface area contributed by atoms with Crippen LogP contribution in [0.25, 0.3) is 0 Å². The van der Waals surface area contributed by atoms with E-state index in [0.717, 1.165) is 5.56 Å². The summed E-state index contributed by atoms with van der Waals surface area (Å²) < 4.78 is 28.3. The predicted molar refractivity (Wildman–Crippen MR) is 119 cm³/mol. The fourth-order valence-electron chi connectivity index (χ4n) is 3.33. The molecule has 33 heavy (non-hydrogen) atoms. The van der Waals surface area contributed by atoms with E-state index < -0.39 is 23.1 Å². The van der Waals surface area contributed by atoms with Crippen LogP contribution in [0.5, 0.6) is 0 Å². The molecule has 1 aromatic heterocycles. The molecule has 0 bridgehead atoms. The fraction of sp³-hybridized carbons (Fsp3) is 0.208. The van der Waals surface area contributed by atoms with Crippen LogP contribution in [0, 0.1) is 29.9 Å². The second-order valence-electron chi connectivity index (χ2n) is 7.48. The van der Waals surface area contributed by atoms with Crippen LogP contribution in [-0.4, -0.2) is 10.6 Å². The van der Waals surface area contributed by atoms with Gasteiger partial charge in [0.1, 0.15) is 17.7 Å². The summed E-state index contributed by atoms with van der Waals surface area (Å²) >= 11 is 0. The zero-order valence-corrected chi connectivity index (χ0v) is 18.0. The Hall–Kier alpha value is -4.03. The van der Waals surface area contributed by atoms with Gasteiger partial charge in [-0.25, -0.2) is 13.5 Å². The molecule has 0 atom stereocenters. The summed E-state index contributed by atoms with van der Waals surface area (Å²) in [5.74, 6) is -1.43. The summed E-state index contributed by atoms with van der Waals surface area (Å²) in [7, 11) is 0. The molecule has 3 rings (SSSR count). The highest BCUT2D eigenvalue weighted by Gasteiger charge is 2.13. The van der Waals surface area contributed by atoms with Crippen molar-refractivity contribution in [3.05, 3.63) is 104 Å². The van der Waals surface area contributed by atoms with Crippen molar-refractivity contribution in [1.29, 1.82) is 5.26 Å². The molecule has 2 aromatic carbocycles. The quantitative estimate of drug-likeness (QED) is 0.487. The fourth-order valence-corrected chi connectivity index (χ4v) is 3.33. The number of amides is 1. The third-order valence-electron chi connectivity index (χ3n) is 5.23. The highest BCUT2D eigenvalue weighted by Crippen LogP contribution is 2.12. The maximum absolute atomic E-state index is 13.5. The van der Waals surface area contributed by atoms with Crippen molar-refractivity contribution in [3.8, 4) is 6.07 Å². The average Bonchev–Trinajstić information content (AvgIpc) is 2.81. The lowest BCUT2D eigenvalue weighted by molar-refractivity contribution is -0.120. The molecule has 1 heterocycles. The Balaban J connectivity index is 1.69. The Morgan fingerprint density at radius 1 is 1.12 bits per heavy atom. The highest BCUT2D eigenvalue weighted by molar-refractivity contribution is 5.78. The van der Waals surface area contributed by atoms with E-state index in [0.29, 0.717) is 22.3 Å². The number of nitrogens with one attached hydrogen (secondary N) is 2. The number of rotatable bonds is 8. The van der Waals surface area contributed by atoms with E-state index >= 15 is 0 Å². The van der Waals surface area contributed by atoms with Gasteiger partial charge in [0.2, 0.25) is 5.91 Å². The van der Waals surface area contributed by atoms with Crippen LogP contribution in [0.2, 0.25) is 0 Å². The lowest BCUT2D eigenvalue weighted by Crippen LogP contribution is -2.34. The monoisotopic (exact) mass is 451 g/mol. The lowest BCUT2D eigenvalue weighted by atomic mass is 10.1. The van der Waals surface area contributed by atoms with Gasteiger partial charge in [-0.3, -0.25) is 9.59 Å². The molecule has 0 saturated heterocycles. The van der Waals surface area contributed by atoms with Gasteiger partial charge in [-0.2, -0.15) is 5.26 Å². The first-order chi connectivity index (χ1) is 15.8. The first-order valence-electron chi connectivity index (χ1n) is 10.2. The molecule has 0 unspecified atom stereocenters. The molecule has 0 aliphatic rings. The van der Waals surface area contributed by atoms with E-state index in [-0.39, 0.29) is 31.6 Å². The van der Waals surface area contributed by atoms with Crippen molar-refractivity contribution >= 4 is 5.91 Å². The molecule has 0 spiro atoms. The number of aryl methyl sites for hydroxylation is 1. The van der Waals surface area contributed by atoms with Crippen LogP contribution in [0.3, 0.4) is 0 Å². The minimum atomic E-state index is -0.612. The molecule has 0 radical (unpaired) electrons.